The first-order chi connectivity index (χ1) is 8.31. The monoisotopic (exact) mass is 274 g/mol. The Morgan fingerprint density at radius 2 is 1.78 bits per heavy atom. The summed E-state index contributed by atoms with van der Waals surface area (Å²) >= 11 is 5.70. The van der Waals surface area contributed by atoms with Crippen LogP contribution in [0.15, 0.2) is 12.1 Å². The summed E-state index contributed by atoms with van der Waals surface area (Å²) in [5.41, 5.74) is -0.384. The SMILES string of the molecule is O=C(O)c1cc(C[N+](=O)[O-])cc(C[N+](=O)[O-])c1Cl. The van der Waals surface area contributed by atoms with Gasteiger partial charge in [-0.1, -0.05) is 11.6 Å². The summed E-state index contributed by atoms with van der Waals surface area (Å²) in [6.45, 7) is -1.31. The molecule has 0 aliphatic rings. The summed E-state index contributed by atoms with van der Waals surface area (Å²) in [4.78, 5) is 30.3. The van der Waals surface area contributed by atoms with Crippen LogP contribution in [0.1, 0.15) is 21.5 Å². The van der Waals surface area contributed by atoms with Crippen molar-refractivity contribution in [3.8, 4) is 0 Å². The van der Waals surface area contributed by atoms with Crippen LogP contribution in [0.2, 0.25) is 5.02 Å². The normalized spacial score (nSPS) is 10.1. The molecule has 9 heteroatoms. The van der Waals surface area contributed by atoms with Gasteiger partial charge in [0, 0.05) is 21.0 Å². The van der Waals surface area contributed by atoms with Crippen LogP contribution in [0.25, 0.3) is 0 Å². The number of carboxylic acids is 1. The van der Waals surface area contributed by atoms with Gasteiger partial charge in [-0.2, -0.15) is 0 Å². The minimum absolute atomic E-state index is 0.0543. The van der Waals surface area contributed by atoms with Crippen molar-refractivity contribution < 1.29 is 19.7 Å². The van der Waals surface area contributed by atoms with E-state index in [2.05, 4.69) is 0 Å². The van der Waals surface area contributed by atoms with Crippen molar-refractivity contribution in [3.63, 3.8) is 0 Å². The second kappa shape index (κ2) is 5.41. The maximum Gasteiger partial charge on any atom is 0.337 e. The Labute approximate surface area is 105 Å². The number of rotatable bonds is 5. The highest BCUT2D eigenvalue weighted by Gasteiger charge is 2.19. The average Bonchev–Trinajstić information content (AvgIpc) is 2.20. The number of carboxylic acid groups (broad SMARTS) is 1. The maximum atomic E-state index is 10.9. The van der Waals surface area contributed by atoms with E-state index in [4.69, 9.17) is 16.7 Å². The summed E-state index contributed by atoms with van der Waals surface area (Å²) in [6, 6.07) is 2.21. The van der Waals surface area contributed by atoms with Crippen molar-refractivity contribution in [2.45, 2.75) is 13.1 Å². The molecular weight excluding hydrogens is 268 g/mol. The molecule has 0 heterocycles. The topological polar surface area (TPSA) is 124 Å². The van der Waals surface area contributed by atoms with Crippen LogP contribution < -0.4 is 0 Å². The summed E-state index contributed by atoms with van der Waals surface area (Å²) in [5.74, 6) is -1.39. The molecule has 0 spiro atoms. The third kappa shape index (κ3) is 3.39. The van der Waals surface area contributed by atoms with Gasteiger partial charge in [-0.3, -0.25) is 20.2 Å². The van der Waals surface area contributed by atoms with Crippen LogP contribution in [0.4, 0.5) is 0 Å². The number of nitrogens with zero attached hydrogens (tertiary/aromatic N) is 2. The highest BCUT2D eigenvalue weighted by Crippen LogP contribution is 2.24. The van der Waals surface area contributed by atoms with Crippen molar-refractivity contribution in [3.05, 3.63) is 54.1 Å². The Hall–Kier alpha value is -2.22. The fourth-order valence-electron chi connectivity index (χ4n) is 1.40. The summed E-state index contributed by atoms with van der Waals surface area (Å²) in [5, 5.41) is 29.3. The summed E-state index contributed by atoms with van der Waals surface area (Å²) < 4.78 is 0. The quantitative estimate of drug-likeness (QED) is 0.642. The van der Waals surface area contributed by atoms with Crippen molar-refractivity contribution in [1.82, 2.24) is 0 Å². The Bertz CT molecular complexity index is 530. The van der Waals surface area contributed by atoms with E-state index in [1.54, 1.807) is 0 Å². The molecule has 1 aromatic rings. The first-order valence-electron chi connectivity index (χ1n) is 4.59. The molecule has 0 atom stereocenters. The second-order valence-corrected chi connectivity index (χ2v) is 3.78. The third-order valence-electron chi connectivity index (χ3n) is 2.05. The minimum atomic E-state index is -1.39. The van der Waals surface area contributed by atoms with Crippen LogP contribution in [-0.4, -0.2) is 20.9 Å². The van der Waals surface area contributed by atoms with Crippen molar-refractivity contribution in [2.75, 3.05) is 0 Å². The molecule has 0 radical (unpaired) electrons. The van der Waals surface area contributed by atoms with Crippen LogP contribution in [0, 0.1) is 20.2 Å². The molecule has 0 unspecified atom stereocenters. The predicted octanol–water partition coefficient (Wildman–Crippen LogP) is 1.59. The molecule has 0 aliphatic carbocycles. The molecule has 0 bridgehead atoms. The van der Waals surface area contributed by atoms with Crippen LogP contribution in [-0.2, 0) is 13.1 Å². The molecule has 1 N–H and O–H groups in total. The van der Waals surface area contributed by atoms with E-state index in [1.807, 2.05) is 0 Å². The van der Waals surface area contributed by atoms with Gasteiger partial charge < -0.3 is 5.11 Å². The van der Waals surface area contributed by atoms with Gasteiger partial charge >= 0.3 is 5.97 Å². The number of aromatic carboxylic acids is 1. The zero-order valence-electron chi connectivity index (χ0n) is 8.83. The van der Waals surface area contributed by atoms with E-state index in [0.29, 0.717) is 0 Å². The fourth-order valence-corrected chi connectivity index (χ4v) is 1.65. The number of hydrogen-bond acceptors (Lipinski definition) is 5. The van der Waals surface area contributed by atoms with Gasteiger partial charge in [-0.15, -0.1) is 0 Å². The van der Waals surface area contributed by atoms with E-state index >= 15 is 0 Å². The first-order valence-corrected chi connectivity index (χ1v) is 4.97. The van der Waals surface area contributed by atoms with Gasteiger partial charge in [-0.05, 0) is 12.1 Å². The number of hydrogen-bond donors (Lipinski definition) is 1. The predicted molar refractivity (Wildman–Crippen MR) is 59.8 cm³/mol. The summed E-state index contributed by atoms with van der Waals surface area (Å²) in [6.07, 6.45) is 0. The molecule has 0 saturated carbocycles. The first kappa shape index (κ1) is 13.8. The van der Waals surface area contributed by atoms with Gasteiger partial charge in [0.25, 0.3) is 0 Å². The molecule has 8 nitrogen and oxygen atoms in total. The molecule has 96 valence electrons. The van der Waals surface area contributed by atoms with Crippen molar-refractivity contribution >= 4 is 17.6 Å². The van der Waals surface area contributed by atoms with E-state index in [1.165, 1.54) is 6.07 Å². The smallest absolute Gasteiger partial charge is 0.337 e. The molecule has 0 amide bonds. The van der Waals surface area contributed by atoms with Gasteiger partial charge in [0.1, 0.15) is 0 Å². The molecule has 0 aromatic heterocycles. The zero-order chi connectivity index (χ0) is 13.9. The lowest BCUT2D eigenvalue weighted by Gasteiger charge is -2.06. The number of carbonyl (C=O) groups is 1. The van der Waals surface area contributed by atoms with Gasteiger partial charge in [-0.25, -0.2) is 4.79 Å². The van der Waals surface area contributed by atoms with Gasteiger partial charge in [0.2, 0.25) is 13.1 Å². The van der Waals surface area contributed by atoms with E-state index in [9.17, 15) is 25.0 Å². The standard InChI is InChI=1S/C9H7ClN2O6/c10-8-6(4-12(17)18)1-5(3-11(15)16)2-7(8)9(13)14/h1-2H,3-4H2,(H,13,14). The van der Waals surface area contributed by atoms with Gasteiger partial charge in [0.05, 0.1) is 10.6 Å². The molecule has 0 aliphatic heterocycles. The highest BCUT2D eigenvalue weighted by molar-refractivity contribution is 6.34. The zero-order valence-corrected chi connectivity index (χ0v) is 9.59. The lowest BCUT2D eigenvalue weighted by molar-refractivity contribution is -0.498. The van der Waals surface area contributed by atoms with Crippen LogP contribution in [0.3, 0.4) is 0 Å². The highest BCUT2D eigenvalue weighted by atomic mass is 35.5. The van der Waals surface area contributed by atoms with Gasteiger partial charge in [0.15, 0.2) is 0 Å². The van der Waals surface area contributed by atoms with E-state index in [-0.39, 0.29) is 21.7 Å². The second-order valence-electron chi connectivity index (χ2n) is 3.40. The molecule has 1 aromatic carbocycles. The number of nitro groups is 2. The Morgan fingerprint density at radius 1 is 1.22 bits per heavy atom. The fraction of sp³-hybridized carbons (Fsp3) is 0.222. The Balaban J connectivity index is 3.31. The molecule has 0 saturated heterocycles. The third-order valence-corrected chi connectivity index (χ3v) is 2.50. The van der Waals surface area contributed by atoms with Crippen molar-refractivity contribution in [2.24, 2.45) is 0 Å². The largest absolute Gasteiger partial charge is 0.478 e. The minimum Gasteiger partial charge on any atom is -0.478 e. The van der Waals surface area contributed by atoms with Crippen molar-refractivity contribution in [1.29, 1.82) is 0 Å². The molecule has 1 rings (SSSR count). The molecule has 0 fully saturated rings. The maximum absolute atomic E-state index is 10.9. The molecular formula is C9H7ClN2O6. The lowest BCUT2D eigenvalue weighted by atomic mass is 10.1. The number of benzene rings is 1. The Kier molecular flexibility index (Phi) is 4.16. The average molecular weight is 275 g/mol. The van der Waals surface area contributed by atoms with Crippen LogP contribution >= 0.6 is 11.6 Å². The molecule has 18 heavy (non-hydrogen) atoms. The summed E-state index contributed by atoms with van der Waals surface area (Å²) in [7, 11) is 0. The number of halogens is 1. The van der Waals surface area contributed by atoms with E-state index < -0.39 is 28.9 Å². The lowest BCUT2D eigenvalue weighted by Crippen LogP contribution is -2.08. The van der Waals surface area contributed by atoms with E-state index in [0.717, 1.165) is 6.07 Å². The Morgan fingerprint density at radius 3 is 2.22 bits per heavy atom. The van der Waals surface area contributed by atoms with Crippen LogP contribution in [0.5, 0.6) is 0 Å².